The van der Waals surface area contributed by atoms with Crippen molar-refractivity contribution in [1.29, 1.82) is 0 Å². The van der Waals surface area contributed by atoms with Gasteiger partial charge in [0.15, 0.2) is 0 Å². The summed E-state index contributed by atoms with van der Waals surface area (Å²) in [6.07, 6.45) is 6.39. The summed E-state index contributed by atoms with van der Waals surface area (Å²) in [5, 5.41) is 3.39. The zero-order valence-electron chi connectivity index (χ0n) is 11.2. The van der Waals surface area contributed by atoms with E-state index in [1.165, 1.54) is 25.7 Å². The highest BCUT2D eigenvalue weighted by Crippen LogP contribution is 2.49. The van der Waals surface area contributed by atoms with E-state index in [1.807, 2.05) is 0 Å². The van der Waals surface area contributed by atoms with Gasteiger partial charge in [-0.2, -0.15) is 0 Å². The van der Waals surface area contributed by atoms with E-state index in [9.17, 15) is 4.79 Å². The quantitative estimate of drug-likeness (QED) is 0.835. The number of carbonyl (C=O) groups is 1. The van der Waals surface area contributed by atoms with E-state index in [1.54, 1.807) is 0 Å². The molecule has 0 radical (unpaired) electrons. The molecule has 3 nitrogen and oxygen atoms in total. The molecule has 104 valence electrons. The molecule has 1 aliphatic heterocycles. The summed E-state index contributed by atoms with van der Waals surface area (Å²) in [7, 11) is 0. The fourth-order valence-corrected chi connectivity index (χ4v) is 4.14. The third-order valence-corrected chi connectivity index (χ3v) is 5.04. The van der Waals surface area contributed by atoms with Crippen LogP contribution in [0, 0.1) is 17.8 Å². The maximum atomic E-state index is 12.3. The van der Waals surface area contributed by atoms with Gasteiger partial charge in [0.1, 0.15) is 0 Å². The highest BCUT2D eigenvalue weighted by molar-refractivity contribution is 5.85. The average Bonchev–Trinajstić information content (AvgIpc) is 2.91. The monoisotopic (exact) mass is 272 g/mol. The standard InChI is InChI=1S/C14H24N2O.ClH/c1-10-9-16(5-4-15-10)14(17)8-13-7-11-2-3-12(13)6-11;/h10-13,15H,2-9H2,1H3;1H/t10-,11?,12?,13?;/m0./s1. The Balaban J connectivity index is 0.00000120. The second kappa shape index (κ2) is 5.79. The highest BCUT2D eigenvalue weighted by Gasteiger charge is 2.40. The van der Waals surface area contributed by atoms with Crippen LogP contribution in [0.25, 0.3) is 0 Å². The molecule has 0 aromatic rings. The van der Waals surface area contributed by atoms with Crippen molar-refractivity contribution in [3.63, 3.8) is 0 Å². The molecule has 3 aliphatic rings. The molecule has 1 heterocycles. The van der Waals surface area contributed by atoms with Crippen molar-refractivity contribution in [1.82, 2.24) is 10.2 Å². The molecule has 0 spiro atoms. The maximum absolute atomic E-state index is 12.3. The number of piperazine rings is 1. The largest absolute Gasteiger partial charge is 0.340 e. The molecule has 1 N–H and O–H groups in total. The van der Waals surface area contributed by atoms with Crippen molar-refractivity contribution < 1.29 is 4.79 Å². The molecule has 2 aliphatic carbocycles. The number of nitrogens with zero attached hydrogens (tertiary/aromatic N) is 1. The van der Waals surface area contributed by atoms with Crippen LogP contribution in [0.3, 0.4) is 0 Å². The van der Waals surface area contributed by atoms with Gasteiger partial charge < -0.3 is 10.2 Å². The summed E-state index contributed by atoms with van der Waals surface area (Å²) in [4.78, 5) is 14.4. The first kappa shape index (κ1) is 14.1. The van der Waals surface area contributed by atoms with Crippen LogP contribution in [0.4, 0.5) is 0 Å². The van der Waals surface area contributed by atoms with E-state index in [-0.39, 0.29) is 12.4 Å². The molecule has 2 saturated carbocycles. The Hall–Kier alpha value is -0.280. The van der Waals surface area contributed by atoms with Crippen LogP contribution in [0.1, 0.15) is 39.0 Å². The van der Waals surface area contributed by atoms with Gasteiger partial charge in [-0.05, 0) is 43.9 Å². The first-order chi connectivity index (χ1) is 8.22. The van der Waals surface area contributed by atoms with Crippen LogP contribution in [0.2, 0.25) is 0 Å². The Morgan fingerprint density at radius 3 is 2.78 bits per heavy atom. The van der Waals surface area contributed by atoms with Crippen molar-refractivity contribution in [3.8, 4) is 0 Å². The van der Waals surface area contributed by atoms with Gasteiger partial charge in [0, 0.05) is 32.1 Å². The number of nitrogens with one attached hydrogen (secondary N) is 1. The third-order valence-electron chi connectivity index (χ3n) is 5.04. The van der Waals surface area contributed by atoms with Crippen molar-refractivity contribution in [3.05, 3.63) is 0 Å². The number of amides is 1. The van der Waals surface area contributed by atoms with Crippen LogP contribution in [0.5, 0.6) is 0 Å². The van der Waals surface area contributed by atoms with E-state index in [0.717, 1.165) is 37.9 Å². The van der Waals surface area contributed by atoms with E-state index in [0.29, 0.717) is 17.9 Å². The minimum absolute atomic E-state index is 0. The summed E-state index contributed by atoms with van der Waals surface area (Å²) < 4.78 is 0. The van der Waals surface area contributed by atoms with E-state index in [4.69, 9.17) is 0 Å². The number of fused-ring (bicyclic) bond motifs is 2. The van der Waals surface area contributed by atoms with Gasteiger partial charge in [0.05, 0.1) is 0 Å². The molecule has 0 aromatic heterocycles. The van der Waals surface area contributed by atoms with E-state index < -0.39 is 0 Å². The van der Waals surface area contributed by atoms with E-state index in [2.05, 4.69) is 17.1 Å². The lowest BCUT2D eigenvalue weighted by Gasteiger charge is -2.33. The summed E-state index contributed by atoms with van der Waals surface area (Å²) in [6.45, 7) is 4.93. The number of carbonyl (C=O) groups excluding carboxylic acids is 1. The second-order valence-corrected chi connectivity index (χ2v) is 6.33. The molecule has 3 unspecified atom stereocenters. The molecule has 4 heteroatoms. The Morgan fingerprint density at radius 2 is 2.17 bits per heavy atom. The maximum Gasteiger partial charge on any atom is 0.222 e. The lowest BCUT2D eigenvalue weighted by molar-refractivity contribution is -0.133. The van der Waals surface area contributed by atoms with Crippen molar-refractivity contribution in [2.45, 2.75) is 45.1 Å². The van der Waals surface area contributed by atoms with Crippen LogP contribution in [-0.4, -0.2) is 36.5 Å². The Labute approximate surface area is 116 Å². The molecule has 0 aromatic carbocycles. The predicted molar refractivity (Wildman–Crippen MR) is 74.8 cm³/mol. The molecular weight excluding hydrogens is 248 g/mol. The minimum Gasteiger partial charge on any atom is -0.340 e. The van der Waals surface area contributed by atoms with Gasteiger partial charge >= 0.3 is 0 Å². The molecular formula is C14H25ClN2O. The second-order valence-electron chi connectivity index (χ2n) is 6.33. The van der Waals surface area contributed by atoms with Gasteiger partial charge in [-0.15, -0.1) is 12.4 Å². The van der Waals surface area contributed by atoms with Crippen LogP contribution >= 0.6 is 12.4 Å². The zero-order valence-corrected chi connectivity index (χ0v) is 12.0. The SMILES string of the molecule is C[C@H]1CN(C(=O)CC2CC3CCC2C3)CCN1.Cl. The van der Waals surface area contributed by atoms with E-state index >= 15 is 0 Å². The molecule has 1 amide bonds. The topological polar surface area (TPSA) is 32.3 Å². The van der Waals surface area contributed by atoms with Crippen molar-refractivity contribution >= 4 is 18.3 Å². The zero-order chi connectivity index (χ0) is 11.8. The normalized spacial score (nSPS) is 38.6. The van der Waals surface area contributed by atoms with Crippen molar-refractivity contribution in [2.24, 2.45) is 17.8 Å². The Morgan fingerprint density at radius 1 is 1.33 bits per heavy atom. The number of hydrogen-bond acceptors (Lipinski definition) is 2. The summed E-state index contributed by atoms with van der Waals surface area (Å²) in [6, 6.07) is 0.465. The smallest absolute Gasteiger partial charge is 0.222 e. The first-order valence-electron chi connectivity index (χ1n) is 7.23. The number of halogens is 1. The van der Waals surface area contributed by atoms with Gasteiger partial charge in [-0.3, -0.25) is 4.79 Å². The van der Waals surface area contributed by atoms with Gasteiger partial charge in [-0.1, -0.05) is 6.42 Å². The van der Waals surface area contributed by atoms with Crippen molar-refractivity contribution in [2.75, 3.05) is 19.6 Å². The van der Waals surface area contributed by atoms with Gasteiger partial charge in [0.25, 0.3) is 0 Å². The molecule has 3 fully saturated rings. The predicted octanol–water partition coefficient (Wildman–Crippen LogP) is 2.05. The fourth-order valence-electron chi connectivity index (χ4n) is 4.14. The lowest BCUT2D eigenvalue weighted by atomic mass is 9.86. The number of hydrogen-bond donors (Lipinski definition) is 1. The lowest BCUT2D eigenvalue weighted by Crippen LogP contribution is -2.51. The Bertz CT molecular complexity index is 310. The molecule has 2 bridgehead atoms. The molecule has 4 atom stereocenters. The summed E-state index contributed by atoms with van der Waals surface area (Å²) in [5.74, 6) is 2.96. The number of rotatable bonds is 2. The third kappa shape index (κ3) is 2.83. The fraction of sp³-hybridized carbons (Fsp3) is 0.929. The first-order valence-corrected chi connectivity index (χ1v) is 7.23. The minimum atomic E-state index is 0. The van der Waals surface area contributed by atoms with Gasteiger partial charge in [0.2, 0.25) is 5.91 Å². The van der Waals surface area contributed by atoms with Gasteiger partial charge in [-0.25, -0.2) is 0 Å². The summed E-state index contributed by atoms with van der Waals surface area (Å²) in [5.41, 5.74) is 0. The Kier molecular flexibility index (Phi) is 4.54. The molecule has 18 heavy (non-hydrogen) atoms. The molecule has 1 saturated heterocycles. The van der Waals surface area contributed by atoms with Crippen LogP contribution in [-0.2, 0) is 4.79 Å². The van der Waals surface area contributed by atoms with Crippen LogP contribution in [0.15, 0.2) is 0 Å². The molecule has 3 rings (SSSR count). The summed E-state index contributed by atoms with van der Waals surface area (Å²) >= 11 is 0. The van der Waals surface area contributed by atoms with Crippen LogP contribution < -0.4 is 5.32 Å². The average molecular weight is 273 g/mol. The highest BCUT2D eigenvalue weighted by atomic mass is 35.5.